The van der Waals surface area contributed by atoms with E-state index in [9.17, 15) is 0 Å². The van der Waals surface area contributed by atoms with Crippen molar-refractivity contribution in [3.05, 3.63) is 48.9 Å². The molecule has 1 atom stereocenters. The van der Waals surface area contributed by atoms with Crippen LogP contribution in [0.4, 0.5) is 0 Å². The van der Waals surface area contributed by atoms with Crippen LogP contribution in [-0.2, 0) is 0 Å². The highest BCUT2D eigenvalue weighted by Gasteiger charge is 2.09. The predicted octanol–water partition coefficient (Wildman–Crippen LogP) is 3.89. The highest BCUT2D eigenvalue weighted by atomic mass is 16.5. The van der Waals surface area contributed by atoms with Crippen LogP contribution in [-0.4, -0.2) is 6.10 Å². The standard InChI is InChI=1S/C14H19O/c1-6-11(4)13-8-7-9-14(12(13)5)15-10(2)3/h6-11H,1,4H2,2-3,5H3. The monoisotopic (exact) mass is 203 g/mol. The van der Waals surface area contributed by atoms with Crippen LogP contribution in [0.5, 0.6) is 5.75 Å². The van der Waals surface area contributed by atoms with Gasteiger partial charge in [-0.1, -0.05) is 18.2 Å². The summed E-state index contributed by atoms with van der Waals surface area (Å²) in [4.78, 5) is 0. The Kier molecular flexibility index (Phi) is 3.96. The topological polar surface area (TPSA) is 9.23 Å². The molecular weight excluding hydrogens is 184 g/mol. The second kappa shape index (κ2) is 5.01. The van der Waals surface area contributed by atoms with Crippen LogP contribution in [0.2, 0.25) is 0 Å². The summed E-state index contributed by atoms with van der Waals surface area (Å²) in [5.41, 5.74) is 2.34. The number of allylic oxidation sites excluding steroid dienone is 1. The normalized spacial score (nSPS) is 12.6. The smallest absolute Gasteiger partial charge is 0.122 e. The van der Waals surface area contributed by atoms with Gasteiger partial charge in [0.25, 0.3) is 0 Å². The zero-order valence-electron chi connectivity index (χ0n) is 9.79. The Balaban J connectivity index is 3.05. The lowest BCUT2D eigenvalue weighted by Crippen LogP contribution is -2.07. The summed E-state index contributed by atoms with van der Waals surface area (Å²) in [6.45, 7) is 13.9. The highest BCUT2D eigenvalue weighted by molar-refractivity contribution is 5.42. The molecular formula is C14H19O. The Morgan fingerprint density at radius 2 is 2.00 bits per heavy atom. The van der Waals surface area contributed by atoms with Gasteiger partial charge in [-0.25, -0.2) is 0 Å². The molecule has 1 heteroatoms. The van der Waals surface area contributed by atoms with Crippen molar-refractivity contribution in [3.63, 3.8) is 0 Å². The van der Waals surface area contributed by atoms with Gasteiger partial charge in [0.15, 0.2) is 0 Å². The van der Waals surface area contributed by atoms with Gasteiger partial charge in [0.1, 0.15) is 5.75 Å². The number of rotatable bonds is 4. The van der Waals surface area contributed by atoms with E-state index in [1.165, 1.54) is 5.56 Å². The number of hydrogen-bond donors (Lipinski definition) is 0. The van der Waals surface area contributed by atoms with E-state index in [1.807, 2.05) is 32.1 Å². The van der Waals surface area contributed by atoms with E-state index in [4.69, 9.17) is 4.74 Å². The Labute approximate surface area is 92.8 Å². The summed E-state index contributed by atoms with van der Waals surface area (Å²) in [5, 5.41) is 0. The van der Waals surface area contributed by atoms with Crippen LogP contribution in [0, 0.1) is 13.8 Å². The Bertz CT molecular complexity index is 339. The number of hydrogen-bond acceptors (Lipinski definition) is 1. The van der Waals surface area contributed by atoms with Gasteiger partial charge in [-0.3, -0.25) is 0 Å². The zero-order valence-corrected chi connectivity index (χ0v) is 9.79. The molecule has 1 unspecified atom stereocenters. The van der Waals surface area contributed by atoms with Gasteiger partial charge >= 0.3 is 0 Å². The zero-order chi connectivity index (χ0) is 11.4. The van der Waals surface area contributed by atoms with E-state index in [1.54, 1.807) is 0 Å². The van der Waals surface area contributed by atoms with Gasteiger partial charge in [-0.15, -0.1) is 6.58 Å². The first kappa shape index (κ1) is 11.8. The minimum Gasteiger partial charge on any atom is -0.491 e. The molecule has 1 rings (SSSR count). The minimum atomic E-state index is 0.126. The summed E-state index contributed by atoms with van der Waals surface area (Å²) in [6, 6.07) is 6.07. The van der Waals surface area contributed by atoms with Gasteiger partial charge in [0, 0.05) is 5.92 Å². The van der Waals surface area contributed by atoms with Crippen LogP contribution in [0.3, 0.4) is 0 Å². The van der Waals surface area contributed by atoms with Crippen molar-refractivity contribution in [1.82, 2.24) is 0 Å². The molecule has 1 radical (unpaired) electrons. The number of benzene rings is 1. The molecule has 15 heavy (non-hydrogen) atoms. The SMILES string of the molecule is [CH2]C(C=C)c1cccc(OC(C)C)c1C. The molecule has 1 nitrogen and oxygen atoms in total. The Morgan fingerprint density at radius 3 is 2.53 bits per heavy atom. The van der Waals surface area contributed by atoms with Gasteiger partial charge in [0.2, 0.25) is 0 Å². The molecule has 0 saturated carbocycles. The molecule has 0 aliphatic heterocycles. The molecule has 0 fully saturated rings. The van der Waals surface area contributed by atoms with E-state index in [2.05, 4.69) is 26.5 Å². The average molecular weight is 203 g/mol. The van der Waals surface area contributed by atoms with E-state index in [0.29, 0.717) is 0 Å². The largest absolute Gasteiger partial charge is 0.491 e. The van der Waals surface area contributed by atoms with Crippen LogP contribution in [0.1, 0.15) is 30.9 Å². The van der Waals surface area contributed by atoms with E-state index < -0.39 is 0 Å². The molecule has 1 aromatic carbocycles. The maximum Gasteiger partial charge on any atom is 0.122 e. The first-order valence-electron chi connectivity index (χ1n) is 5.28. The summed E-state index contributed by atoms with van der Waals surface area (Å²) in [7, 11) is 0. The van der Waals surface area contributed by atoms with E-state index in [0.717, 1.165) is 11.3 Å². The molecule has 0 N–H and O–H groups in total. The van der Waals surface area contributed by atoms with Gasteiger partial charge in [0.05, 0.1) is 6.10 Å². The first-order valence-corrected chi connectivity index (χ1v) is 5.28. The molecule has 0 spiro atoms. The third kappa shape index (κ3) is 2.85. The third-order valence-corrected chi connectivity index (χ3v) is 2.37. The molecule has 0 aliphatic carbocycles. The minimum absolute atomic E-state index is 0.126. The molecule has 0 saturated heterocycles. The van der Waals surface area contributed by atoms with Crippen molar-refractivity contribution in [3.8, 4) is 5.75 Å². The fourth-order valence-corrected chi connectivity index (χ4v) is 1.54. The maximum atomic E-state index is 5.72. The van der Waals surface area contributed by atoms with E-state index in [-0.39, 0.29) is 12.0 Å². The highest BCUT2D eigenvalue weighted by Crippen LogP contribution is 2.28. The third-order valence-electron chi connectivity index (χ3n) is 2.37. The molecule has 0 aromatic heterocycles. The van der Waals surface area contributed by atoms with Crippen LogP contribution >= 0.6 is 0 Å². The van der Waals surface area contributed by atoms with Gasteiger partial charge in [-0.05, 0) is 44.9 Å². The second-order valence-corrected chi connectivity index (χ2v) is 3.98. The number of ether oxygens (including phenoxy) is 1. The Morgan fingerprint density at radius 1 is 1.33 bits per heavy atom. The van der Waals surface area contributed by atoms with Crippen LogP contribution < -0.4 is 4.74 Å². The fourth-order valence-electron chi connectivity index (χ4n) is 1.54. The van der Waals surface area contributed by atoms with Crippen LogP contribution in [0.25, 0.3) is 0 Å². The van der Waals surface area contributed by atoms with Crippen molar-refractivity contribution in [2.45, 2.75) is 32.8 Å². The van der Waals surface area contributed by atoms with Crippen molar-refractivity contribution in [1.29, 1.82) is 0 Å². The lowest BCUT2D eigenvalue weighted by atomic mass is 9.96. The van der Waals surface area contributed by atoms with Crippen LogP contribution in [0.15, 0.2) is 30.9 Å². The van der Waals surface area contributed by atoms with E-state index >= 15 is 0 Å². The lowest BCUT2D eigenvalue weighted by molar-refractivity contribution is 0.240. The molecule has 0 heterocycles. The maximum absolute atomic E-state index is 5.72. The second-order valence-electron chi connectivity index (χ2n) is 3.98. The summed E-state index contributed by atoms with van der Waals surface area (Å²) >= 11 is 0. The molecule has 0 amide bonds. The lowest BCUT2D eigenvalue weighted by Gasteiger charge is -2.17. The summed E-state index contributed by atoms with van der Waals surface area (Å²) in [6.07, 6.45) is 2.05. The summed E-state index contributed by atoms with van der Waals surface area (Å²) < 4.78 is 5.72. The molecule has 1 aromatic rings. The van der Waals surface area contributed by atoms with Gasteiger partial charge in [-0.2, -0.15) is 0 Å². The first-order chi connectivity index (χ1) is 7.06. The molecule has 81 valence electrons. The molecule has 0 bridgehead atoms. The van der Waals surface area contributed by atoms with Crippen molar-refractivity contribution in [2.24, 2.45) is 0 Å². The van der Waals surface area contributed by atoms with Crippen molar-refractivity contribution >= 4 is 0 Å². The quantitative estimate of drug-likeness (QED) is 0.675. The predicted molar refractivity (Wildman–Crippen MR) is 65.2 cm³/mol. The van der Waals surface area contributed by atoms with Crippen molar-refractivity contribution in [2.75, 3.05) is 0 Å². The summed E-state index contributed by atoms with van der Waals surface area (Å²) in [5.74, 6) is 1.07. The fraction of sp³-hybridized carbons (Fsp3) is 0.357. The van der Waals surface area contributed by atoms with Gasteiger partial charge < -0.3 is 4.74 Å². The Hall–Kier alpha value is -1.24. The molecule has 0 aliphatic rings. The average Bonchev–Trinajstić information content (AvgIpc) is 2.19. The van der Waals surface area contributed by atoms with Crippen molar-refractivity contribution < 1.29 is 4.74 Å².